The van der Waals surface area contributed by atoms with Crippen LogP contribution in [0.4, 0.5) is 11.6 Å². The van der Waals surface area contributed by atoms with E-state index in [0.717, 1.165) is 18.9 Å². The van der Waals surface area contributed by atoms with E-state index in [-0.39, 0.29) is 12.3 Å². The Morgan fingerprint density at radius 1 is 1.23 bits per heavy atom. The van der Waals surface area contributed by atoms with Crippen LogP contribution in [0.1, 0.15) is 18.3 Å². The van der Waals surface area contributed by atoms with Crippen molar-refractivity contribution in [2.45, 2.75) is 20.4 Å². The summed E-state index contributed by atoms with van der Waals surface area (Å²) >= 11 is 0. The Morgan fingerprint density at radius 2 is 2.04 bits per heavy atom. The van der Waals surface area contributed by atoms with Crippen LogP contribution in [0.5, 0.6) is 11.5 Å². The number of nitrogens with zero attached hydrogens (tertiary/aromatic N) is 5. The molecule has 2 aromatic rings. The van der Waals surface area contributed by atoms with E-state index in [1.165, 1.54) is 0 Å². The van der Waals surface area contributed by atoms with E-state index in [1.54, 1.807) is 18.2 Å². The van der Waals surface area contributed by atoms with Crippen LogP contribution < -0.4 is 9.64 Å². The lowest BCUT2D eigenvalue weighted by molar-refractivity contribution is 0.122. The van der Waals surface area contributed by atoms with Crippen molar-refractivity contribution in [1.82, 2.24) is 9.97 Å². The molecule has 138 valence electrons. The van der Waals surface area contributed by atoms with Gasteiger partial charge >= 0.3 is 0 Å². The topological polar surface area (TPSA) is 92.4 Å². The summed E-state index contributed by atoms with van der Waals surface area (Å²) in [5.41, 5.74) is 0.677. The molecule has 0 spiro atoms. The van der Waals surface area contributed by atoms with Gasteiger partial charge in [-0.1, -0.05) is 0 Å². The fourth-order valence-corrected chi connectivity index (χ4v) is 2.66. The molecule has 1 aliphatic rings. The minimum absolute atomic E-state index is 0.141. The molecule has 1 fully saturated rings. The molecule has 26 heavy (non-hydrogen) atoms. The Bertz CT molecular complexity index is 775. The number of ether oxygens (including phenoxy) is 2. The van der Waals surface area contributed by atoms with Crippen LogP contribution in [0, 0.1) is 6.92 Å². The molecule has 0 amide bonds. The molecule has 1 N–H and O–H groups in total. The van der Waals surface area contributed by atoms with E-state index in [4.69, 9.17) is 9.47 Å². The highest BCUT2D eigenvalue weighted by atomic mass is 16.5. The maximum absolute atomic E-state index is 10.0. The van der Waals surface area contributed by atoms with Gasteiger partial charge in [0.15, 0.2) is 5.82 Å². The number of morpholine rings is 1. The summed E-state index contributed by atoms with van der Waals surface area (Å²) in [5, 5.41) is 18.4. The minimum Gasteiger partial charge on any atom is -0.507 e. The maximum atomic E-state index is 10.0. The number of azo groups is 1. The van der Waals surface area contributed by atoms with Gasteiger partial charge in [-0.05, 0) is 26.0 Å². The molecule has 0 aliphatic carbocycles. The highest BCUT2D eigenvalue weighted by Gasteiger charge is 2.14. The number of benzene rings is 1. The van der Waals surface area contributed by atoms with Gasteiger partial charge in [-0.3, -0.25) is 0 Å². The maximum Gasteiger partial charge on any atom is 0.179 e. The highest BCUT2D eigenvalue weighted by Crippen LogP contribution is 2.25. The molecule has 8 nitrogen and oxygen atoms in total. The fraction of sp³-hybridized carbons (Fsp3) is 0.444. The molecule has 1 aromatic carbocycles. The van der Waals surface area contributed by atoms with Gasteiger partial charge < -0.3 is 19.5 Å². The zero-order valence-corrected chi connectivity index (χ0v) is 15.1. The Balaban J connectivity index is 1.69. The third-order valence-electron chi connectivity index (χ3n) is 3.93. The van der Waals surface area contributed by atoms with Crippen LogP contribution in [0.25, 0.3) is 0 Å². The number of hydrogen-bond acceptors (Lipinski definition) is 8. The molecule has 0 bridgehead atoms. The Hall–Kier alpha value is -2.74. The Morgan fingerprint density at radius 3 is 2.77 bits per heavy atom. The van der Waals surface area contributed by atoms with Gasteiger partial charge in [0.1, 0.15) is 23.1 Å². The zero-order chi connectivity index (χ0) is 18.4. The lowest BCUT2D eigenvalue weighted by atomic mass is 10.2. The molecule has 3 rings (SSSR count). The van der Waals surface area contributed by atoms with Crippen molar-refractivity contribution in [3.8, 4) is 11.5 Å². The lowest BCUT2D eigenvalue weighted by Gasteiger charge is -2.27. The van der Waals surface area contributed by atoms with Crippen molar-refractivity contribution >= 4 is 11.6 Å². The number of aromatic nitrogens is 2. The molecule has 2 heterocycles. The van der Waals surface area contributed by atoms with E-state index < -0.39 is 0 Å². The first kappa shape index (κ1) is 18.1. The summed E-state index contributed by atoms with van der Waals surface area (Å²) in [4.78, 5) is 10.9. The first-order chi connectivity index (χ1) is 12.7. The Kier molecular flexibility index (Phi) is 5.96. The number of aromatic hydroxyl groups is 1. The van der Waals surface area contributed by atoms with Gasteiger partial charge in [-0.25, -0.2) is 9.97 Å². The summed E-state index contributed by atoms with van der Waals surface area (Å²) in [7, 11) is 0. The predicted molar refractivity (Wildman–Crippen MR) is 97.3 cm³/mol. The average molecular weight is 357 g/mol. The van der Waals surface area contributed by atoms with Gasteiger partial charge in [-0.2, -0.15) is 5.11 Å². The van der Waals surface area contributed by atoms with Crippen molar-refractivity contribution in [3.05, 3.63) is 35.7 Å². The highest BCUT2D eigenvalue weighted by molar-refractivity contribution is 5.46. The predicted octanol–water partition coefficient (Wildman–Crippen LogP) is 3.01. The monoisotopic (exact) mass is 357 g/mol. The van der Waals surface area contributed by atoms with E-state index in [1.807, 2.05) is 19.9 Å². The average Bonchev–Trinajstić information content (AvgIpc) is 2.64. The molecule has 1 aliphatic heterocycles. The summed E-state index contributed by atoms with van der Waals surface area (Å²) in [6.07, 6.45) is 0. The van der Waals surface area contributed by atoms with E-state index >= 15 is 0 Å². The second-order valence-corrected chi connectivity index (χ2v) is 5.85. The van der Waals surface area contributed by atoms with Crippen LogP contribution in [-0.4, -0.2) is 48.0 Å². The smallest absolute Gasteiger partial charge is 0.179 e. The summed E-state index contributed by atoms with van der Waals surface area (Å²) in [6, 6.07) is 6.99. The summed E-state index contributed by atoms with van der Waals surface area (Å²) in [5.74, 6) is 2.75. The molecule has 1 saturated heterocycles. The van der Waals surface area contributed by atoms with Crippen molar-refractivity contribution in [2.24, 2.45) is 10.2 Å². The molecule has 0 radical (unpaired) electrons. The number of phenolic OH excluding ortho intramolecular Hbond substituents is 1. The van der Waals surface area contributed by atoms with Gasteiger partial charge in [0.2, 0.25) is 0 Å². The van der Waals surface area contributed by atoms with Crippen molar-refractivity contribution in [1.29, 1.82) is 0 Å². The van der Waals surface area contributed by atoms with Crippen LogP contribution in [0.15, 0.2) is 34.5 Å². The number of hydrogen-bond donors (Lipinski definition) is 1. The van der Waals surface area contributed by atoms with Crippen LogP contribution >= 0.6 is 0 Å². The normalized spacial score (nSPS) is 14.8. The molecule has 0 atom stereocenters. The summed E-state index contributed by atoms with van der Waals surface area (Å²) in [6.45, 7) is 7.52. The molecular formula is C18H23N5O3. The van der Waals surface area contributed by atoms with E-state index in [2.05, 4.69) is 25.1 Å². The molecule has 0 saturated carbocycles. The zero-order valence-electron chi connectivity index (χ0n) is 15.1. The van der Waals surface area contributed by atoms with Gasteiger partial charge in [0.25, 0.3) is 0 Å². The fourth-order valence-electron chi connectivity index (χ4n) is 2.66. The van der Waals surface area contributed by atoms with Crippen LogP contribution in [0.2, 0.25) is 0 Å². The van der Waals surface area contributed by atoms with Crippen LogP contribution in [-0.2, 0) is 11.3 Å². The second-order valence-electron chi connectivity index (χ2n) is 5.85. The molecule has 1 aromatic heterocycles. The van der Waals surface area contributed by atoms with Gasteiger partial charge in [-0.15, -0.1) is 5.11 Å². The van der Waals surface area contributed by atoms with Crippen molar-refractivity contribution in [3.63, 3.8) is 0 Å². The first-order valence-electron chi connectivity index (χ1n) is 8.66. The molecular weight excluding hydrogens is 334 g/mol. The quantitative estimate of drug-likeness (QED) is 0.799. The number of rotatable bonds is 6. The lowest BCUT2D eigenvalue weighted by Crippen LogP contribution is -2.36. The first-order valence-corrected chi connectivity index (χ1v) is 8.66. The Labute approximate surface area is 152 Å². The second kappa shape index (κ2) is 8.57. The van der Waals surface area contributed by atoms with Crippen molar-refractivity contribution < 1.29 is 14.6 Å². The molecule has 8 heteroatoms. The summed E-state index contributed by atoms with van der Waals surface area (Å²) < 4.78 is 10.7. The SMILES string of the molecule is CCOc1ccc(CN=Nc2cc(N3CCOCC3)nc(C)n2)c(O)c1. The number of anilines is 1. The number of phenols is 1. The molecule has 0 unspecified atom stereocenters. The number of aryl methyl sites for hydroxylation is 1. The van der Waals surface area contributed by atoms with E-state index in [9.17, 15) is 5.11 Å². The third-order valence-corrected chi connectivity index (χ3v) is 3.93. The minimum atomic E-state index is 0.141. The van der Waals surface area contributed by atoms with Gasteiger partial charge in [0.05, 0.1) is 26.4 Å². The standard InChI is InChI=1S/C18H23N5O3/c1-3-26-15-5-4-14(16(24)10-15)12-19-22-17-11-18(21-13(2)20-17)23-6-8-25-9-7-23/h4-5,10-11,24H,3,6-9,12H2,1-2H3. The van der Waals surface area contributed by atoms with Crippen molar-refractivity contribution in [2.75, 3.05) is 37.8 Å². The van der Waals surface area contributed by atoms with Crippen LogP contribution in [0.3, 0.4) is 0 Å². The third kappa shape index (κ3) is 4.66. The van der Waals surface area contributed by atoms with Gasteiger partial charge in [0, 0.05) is 30.8 Å². The van der Waals surface area contributed by atoms with E-state index in [0.29, 0.717) is 42.8 Å². The largest absolute Gasteiger partial charge is 0.507 e.